The lowest BCUT2D eigenvalue weighted by molar-refractivity contribution is -0.142. The molecule has 0 spiro atoms. The summed E-state index contributed by atoms with van der Waals surface area (Å²) in [5.74, 6) is -0.275. The van der Waals surface area contributed by atoms with Crippen molar-refractivity contribution in [1.82, 2.24) is 9.88 Å². The van der Waals surface area contributed by atoms with E-state index in [2.05, 4.69) is 11.1 Å². The minimum atomic E-state index is -0.550. The van der Waals surface area contributed by atoms with E-state index in [0.29, 0.717) is 19.7 Å². The third-order valence-electron chi connectivity index (χ3n) is 4.42. The first-order chi connectivity index (χ1) is 14.1. The van der Waals surface area contributed by atoms with Gasteiger partial charge in [-0.2, -0.15) is 0 Å². The average Bonchev–Trinajstić information content (AvgIpc) is 2.65. The molecule has 162 valence electrons. The van der Waals surface area contributed by atoms with Crippen LogP contribution in [0.5, 0.6) is 0 Å². The maximum atomic E-state index is 12.6. The molecular formula is C24H32N2O4. The molecule has 2 aromatic rings. The molecule has 0 aliphatic carbocycles. The van der Waals surface area contributed by atoms with E-state index in [0.717, 1.165) is 27.8 Å². The lowest BCUT2D eigenvalue weighted by atomic mass is 9.97. The normalized spacial score (nSPS) is 11.1. The van der Waals surface area contributed by atoms with Crippen LogP contribution < -0.4 is 0 Å². The van der Waals surface area contributed by atoms with Crippen molar-refractivity contribution in [2.45, 2.75) is 60.1 Å². The number of benzene rings is 1. The van der Waals surface area contributed by atoms with Crippen LogP contribution in [0.2, 0.25) is 0 Å². The summed E-state index contributed by atoms with van der Waals surface area (Å²) in [6, 6.07) is 8.07. The summed E-state index contributed by atoms with van der Waals surface area (Å²) in [6.45, 7) is 12.6. The topological polar surface area (TPSA) is 68.7 Å². The minimum absolute atomic E-state index is 0.175. The molecule has 6 nitrogen and oxygen atoms in total. The van der Waals surface area contributed by atoms with Gasteiger partial charge in [-0.05, 0) is 64.3 Å². The van der Waals surface area contributed by atoms with E-state index >= 15 is 0 Å². The Hall–Kier alpha value is -2.89. The van der Waals surface area contributed by atoms with Crippen LogP contribution in [0.4, 0.5) is 4.79 Å². The second-order valence-corrected chi connectivity index (χ2v) is 8.22. The van der Waals surface area contributed by atoms with Crippen molar-refractivity contribution in [3.8, 4) is 11.1 Å². The highest BCUT2D eigenvalue weighted by Crippen LogP contribution is 2.27. The fraction of sp³-hybridized carbons (Fsp3) is 0.458. The molecule has 0 radical (unpaired) electrons. The van der Waals surface area contributed by atoms with E-state index in [-0.39, 0.29) is 18.5 Å². The molecule has 2 rings (SSSR count). The molecule has 0 aliphatic heterocycles. The molecule has 1 heterocycles. The van der Waals surface area contributed by atoms with Gasteiger partial charge in [0.25, 0.3) is 0 Å². The van der Waals surface area contributed by atoms with Gasteiger partial charge in [0.1, 0.15) is 5.60 Å². The number of ether oxygens (including phenoxy) is 2. The highest BCUT2D eigenvalue weighted by Gasteiger charge is 2.22. The fourth-order valence-electron chi connectivity index (χ4n) is 3.08. The van der Waals surface area contributed by atoms with Gasteiger partial charge in [-0.15, -0.1) is 0 Å². The van der Waals surface area contributed by atoms with E-state index in [1.807, 2.05) is 52.8 Å². The number of rotatable bonds is 7. The minimum Gasteiger partial charge on any atom is -0.466 e. The summed E-state index contributed by atoms with van der Waals surface area (Å²) in [5.41, 5.74) is 4.21. The highest BCUT2D eigenvalue weighted by atomic mass is 16.6. The number of pyridine rings is 1. The smallest absolute Gasteiger partial charge is 0.410 e. The van der Waals surface area contributed by atoms with Crippen LogP contribution in [-0.4, -0.2) is 40.7 Å². The molecule has 6 heteroatoms. The van der Waals surface area contributed by atoms with Gasteiger partial charge in [-0.25, -0.2) is 4.79 Å². The Kier molecular flexibility index (Phi) is 7.98. The number of carbonyl (C=O) groups is 2. The summed E-state index contributed by atoms with van der Waals surface area (Å²) >= 11 is 0. The SMILES string of the molecule is CCOC(=O)Cc1cncc(-c2ccc(C)cc2CN(CC)C(=O)OC(C)(C)C)c1. The zero-order valence-corrected chi connectivity index (χ0v) is 18.8. The van der Waals surface area contributed by atoms with Crippen molar-refractivity contribution in [1.29, 1.82) is 0 Å². The largest absolute Gasteiger partial charge is 0.466 e. The first-order valence-corrected chi connectivity index (χ1v) is 10.3. The van der Waals surface area contributed by atoms with Gasteiger partial charge in [0.2, 0.25) is 0 Å². The Balaban J connectivity index is 2.33. The van der Waals surface area contributed by atoms with Crippen LogP contribution in [0.25, 0.3) is 11.1 Å². The van der Waals surface area contributed by atoms with Gasteiger partial charge in [-0.1, -0.05) is 23.8 Å². The molecule has 0 aliphatic rings. The predicted octanol–water partition coefficient (Wildman–Crippen LogP) is 4.92. The Morgan fingerprint density at radius 3 is 2.47 bits per heavy atom. The van der Waals surface area contributed by atoms with Gasteiger partial charge in [0.05, 0.1) is 13.0 Å². The molecule has 30 heavy (non-hydrogen) atoms. The van der Waals surface area contributed by atoms with Crippen molar-refractivity contribution in [2.75, 3.05) is 13.2 Å². The highest BCUT2D eigenvalue weighted by molar-refractivity contribution is 5.74. The van der Waals surface area contributed by atoms with Crippen LogP contribution in [0.1, 0.15) is 51.3 Å². The van der Waals surface area contributed by atoms with E-state index < -0.39 is 5.60 Å². The molecule has 0 bridgehead atoms. The van der Waals surface area contributed by atoms with Crippen LogP contribution in [0.3, 0.4) is 0 Å². The molecule has 0 saturated heterocycles. The Morgan fingerprint density at radius 1 is 1.10 bits per heavy atom. The Morgan fingerprint density at radius 2 is 1.83 bits per heavy atom. The summed E-state index contributed by atoms with van der Waals surface area (Å²) in [5, 5.41) is 0. The van der Waals surface area contributed by atoms with Crippen LogP contribution in [0.15, 0.2) is 36.7 Å². The van der Waals surface area contributed by atoms with E-state index in [1.165, 1.54) is 0 Å². The molecule has 0 fully saturated rings. The number of aromatic nitrogens is 1. The van der Waals surface area contributed by atoms with E-state index in [1.54, 1.807) is 24.2 Å². The van der Waals surface area contributed by atoms with Crippen molar-refractivity contribution in [2.24, 2.45) is 0 Å². The number of carbonyl (C=O) groups excluding carboxylic acids is 2. The lowest BCUT2D eigenvalue weighted by Crippen LogP contribution is -2.36. The molecule has 0 N–H and O–H groups in total. The third kappa shape index (κ3) is 6.87. The fourth-order valence-corrected chi connectivity index (χ4v) is 3.08. The molecule has 1 aromatic carbocycles. The molecule has 1 aromatic heterocycles. The van der Waals surface area contributed by atoms with Gasteiger partial charge in [0.15, 0.2) is 0 Å². The third-order valence-corrected chi connectivity index (χ3v) is 4.42. The van der Waals surface area contributed by atoms with Gasteiger partial charge < -0.3 is 14.4 Å². The number of esters is 1. The first-order valence-electron chi connectivity index (χ1n) is 10.3. The number of hydrogen-bond acceptors (Lipinski definition) is 5. The number of hydrogen-bond donors (Lipinski definition) is 0. The van der Waals surface area contributed by atoms with Gasteiger partial charge >= 0.3 is 12.1 Å². The second kappa shape index (κ2) is 10.2. The zero-order chi connectivity index (χ0) is 22.3. The standard InChI is InChI=1S/C24H32N2O4/c1-7-26(23(28)30-24(4,5)6)16-20-11-17(3)9-10-21(20)19-12-18(14-25-15-19)13-22(27)29-8-2/h9-12,14-15H,7-8,13,16H2,1-6H3. The van der Waals surface area contributed by atoms with Crippen LogP contribution in [0, 0.1) is 6.92 Å². The second-order valence-electron chi connectivity index (χ2n) is 8.22. The van der Waals surface area contributed by atoms with E-state index in [4.69, 9.17) is 9.47 Å². The maximum Gasteiger partial charge on any atom is 0.410 e. The van der Waals surface area contributed by atoms with Crippen LogP contribution in [-0.2, 0) is 27.2 Å². The Bertz CT molecular complexity index is 887. The van der Waals surface area contributed by atoms with Crippen molar-refractivity contribution in [3.05, 3.63) is 53.3 Å². The maximum absolute atomic E-state index is 12.6. The first kappa shape index (κ1) is 23.4. The number of amides is 1. The molecule has 0 saturated carbocycles. The van der Waals surface area contributed by atoms with Crippen LogP contribution >= 0.6 is 0 Å². The quantitative estimate of drug-likeness (QED) is 0.604. The number of nitrogens with zero attached hydrogens (tertiary/aromatic N) is 2. The molecular weight excluding hydrogens is 380 g/mol. The van der Waals surface area contributed by atoms with Crippen molar-refractivity contribution < 1.29 is 19.1 Å². The zero-order valence-electron chi connectivity index (χ0n) is 18.8. The monoisotopic (exact) mass is 412 g/mol. The Labute approximate surface area is 179 Å². The van der Waals surface area contributed by atoms with Gasteiger partial charge in [0, 0.05) is 31.0 Å². The molecule has 0 unspecified atom stereocenters. The lowest BCUT2D eigenvalue weighted by Gasteiger charge is -2.27. The summed E-state index contributed by atoms with van der Waals surface area (Å²) < 4.78 is 10.6. The van der Waals surface area contributed by atoms with Crippen molar-refractivity contribution >= 4 is 12.1 Å². The van der Waals surface area contributed by atoms with E-state index in [9.17, 15) is 9.59 Å². The van der Waals surface area contributed by atoms with Crippen molar-refractivity contribution in [3.63, 3.8) is 0 Å². The summed E-state index contributed by atoms with van der Waals surface area (Å²) in [6.07, 6.45) is 3.28. The van der Waals surface area contributed by atoms with Gasteiger partial charge in [-0.3, -0.25) is 9.78 Å². The molecule has 1 amide bonds. The number of aryl methyl sites for hydroxylation is 1. The molecule has 0 atom stereocenters. The average molecular weight is 413 g/mol. The summed E-state index contributed by atoms with van der Waals surface area (Å²) in [4.78, 5) is 30.4. The predicted molar refractivity (Wildman–Crippen MR) is 117 cm³/mol. The summed E-state index contributed by atoms with van der Waals surface area (Å²) in [7, 11) is 0.